The van der Waals surface area contributed by atoms with Crippen LogP contribution in [-0.4, -0.2) is 37.5 Å². The number of hydrogen-bond donors (Lipinski definition) is 3. The highest BCUT2D eigenvalue weighted by Gasteiger charge is 2.19. The molecule has 1 aromatic rings. The van der Waals surface area contributed by atoms with Gasteiger partial charge in [-0.2, -0.15) is 0 Å². The number of hydrogen-bond acceptors (Lipinski definition) is 5. The molecule has 1 rings (SSSR count). The fraction of sp³-hybridized carbons (Fsp3) is 0.400. The van der Waals surface area contributed by atoms with Gasteiger partial charge in [-0.1, -0.05) is 12.1 Å². The highest BCUT2D eigenvalue weighted by Crippen LogP contribution is 2.19. The summed E-state index contributed by atoms with van der Waals surface area (Å²) in [5, 5.41) is 18.8. The minimum Gasteiger partial charge on any atom is -0.395 e. The Bertz CT molecular complexity index is 456. The van der Waals surface area contributed by atoms with E-state index >= 15 is 0 Å². The molecule has 0 aliphatic carbocycles. The number of sulfone groups is 1. The molecule has 17 heavy (non-hydrogen) atoms. The number of nitrogens with one attached hydrogen (secondary N) is 1. The van der Waals surface area contributed by atoms with Gasteiger partial charge in [0.25, 0.3) is 0 Å². The molecule has 5 nitrogen and oxygen atoms in total. The molecule has 0 heterocycles. The van der Waals surface area contributed by atoms with E-state index in [0.717, 1.165) is 6.26 Å². The van der Waals surface area contributed by atoms with Crippen molar-refractivity contribution >= 4 is 21.6 Å². The lowest BCUT2D eigenvalue weighted by Gasteiger charge is -2.19. The van der Waals surface area contributed by atoms with Crippen LogP contribution in [-0.2, 0) is 9.84 Å². The SMILES string of the molecule is CS(=O)(=O)c1ccc([C@@H](O)[C@@H](CO)NCl)cc1. The minimum atomic E-state index is -3.25. The van der Waals surface area contributed by atoms with Crippen LogP contribution in [0.5, 0.6) is 0 Å². The molecule has 2 atom stereocenters. The zero-order chi connectivity index (χ0) is 13.1. The second kappa shape index (κ2) is 5.79. The zero-order valence-corrected chi connectivity index (χ0v) is 10.7. The molecule has 0 bridgehead atoms. The smallest absolute Gasteiger partial charge is 0.175 e. The number of halogens is 1. The van der Waals surface area contributed by atoms with Crippen LogP contribution < -0.4 is 4.84 Å². The van der Waals surface area contributed by atoms with Crippen molar-refractivity contribution in [3.63, 3.8) is 0 Å². The van der Waals surface area contributed by atoms with Gasteiger partial charge in [-0.05, 0) is 29.5 Å². The van der Waals surface area contributed by atoms with E-state index in [1.54, 1.807) is 0 Å². The molecule has 0 fully saturated rings. The Balaban J connectivity index is 2.95. The lowest BCUT2D eigenvalue weighted by molar-refractivity contribution is 0.102. The summed E-state index contributed by atoms with van der Waals surface area (Å²) in [5.41, 5.74) is 0.476. The first kappa shape index (κ1) is 14.4. The normalized spacial score (nSPS) is 15.5. The van der Waals surface area contributed by atoms with Gasteiger partial charge in [0, 0.05) is 6.26 Å². The molecule has 0 aromatic heterocycles. The van der Waals surface area contributed by atoms with E-state index in [0.29, 0.717) is 5.56 Å². The summed E-state index contributed by atoms with van der Waals surface area (Å²) in [6.07, 6.45) is 0.0982. The van der Waals surface area contributed by atoms with Gasteiger partial charge in [0.1, 0.15) is 0 Å². The monoisotopic (exact) mass is 279 g/mol. The van der Waals surface area contributed by atoms with E-state index in [-0.39, 0.29) is 11.5 Å². The van der Waals surface area contributed by atoms with Crippen molar-refractivity contribution in [2.45, 2.75) is 17.0 Å². The Morgan fingerprint density at radius 3 is 2.24 bits per heavy atom. The van der Waals surface area contributed by atoms with Gasteiger partial charge in [0.15, 0.2) is 9.84 Å². The second-order valence-corrected chi connectivity index (χ2v) is 5.92. The largest absolute Gasteiger partial charge is 0.395 e. The Labute approximate surface area is 105 Å². The van der Waals surface area contributed by atoms with E-state index in [1.807, 2.05) is 0 Å². The first-order valence-corrected chi connectivity index (χ1v) is 7.12. The number of rotatable bonds is 5. The molecule has 0 saturated carbocycles. The van der Waals surface area contributed by atoms with E-state index in [9.17, 15) is 13.5 Å². The van der Waals surface area contributed by atoms with Gasteiger partial charge >= 0.3 is 0 Å². The van der Waals surface area contributed by atoms with Gasteiger partial charge < -0.3 is 10.2 Å². The Morgan fingerprint density at radius 1 is 1.35 bits per heavy atom. The molecular formula is C10H14ClNO4S. The van der Waals surface area contributed by atoms with E-state index < -0.39 is 22.0 Å². The van der Waals surface area contributed by atoms with Crippen LogP contribution in [0.1, 0.15) is 11.7 Å². The Kier molecular flexibility index (Phi) is 4.91. The summed E-state index contributed by atoms with van der Waals surface area (Å²) in [5.74, 6) is 0. The van der Waals surface area contributed by atoms with Gasteiger partial charge in [-0.25, -0.2) is 13.3 Å². The maximum atomic E-state index is 11.2. The fourth-order valence-corrected chi connectivity index (χ4v) is 2.16. The van der Waals surface area contributed by atoms with Crippen molar-refractivity contribution in [2.24, 2.45) is 0 Å². The molecule has 3 N–H and O–H groups in total. The topological polar surface area (TPSA) is 86.6 Å². The van der Waals surface area contributed by atoms with E-state index in [2.05, 4.69) is 4.84 Å². The molecule has 0 amide bonds. The first-order valence-electron chi connectivity index (χ1n) is 4.85. The highest BCUT2D eigenvalue weighted by molar-refractivity contribution is 7.90. The molecule has 0 aliphatic heterocycles. The third kappa shape index (κ3) is 3.65. The summed E-state index contributed by atoms with van der Waals surface area (Å²) in [7, 11) is -3.25. The van der Waals surface area contributed by atoms with Crippen molar-refractivity contribution in [3.8, 4) is 0 Å². The predicted molar refractivity (Wildman–Crippen MR) is 64.4 cm³/mol. The Morgan fingerprint density at radius 2 is 1.88 bits per heavy atom. The lowest BCUT2D eigenvalue weighted by atomic mass is 10.0. The summed E-state index contributed by atoms with van der Waals surface area (Å²) in [6.45, 7) is -0.335. The van der Waals surface area contributed by atoms with Gasteiger partial charge in [-0.3, -0.25) is 0 Å². The molecular weight excluding hydrogens is 266 g/mol. The van der Waals surface area contributed by atoms with Crippen molar-refractivity contribution in [2.75, 3.05) is 12.9 Å². The molecule has 7 heteroatoms. The number of aliphatic hydroxyl groups excluding tert-OH is 2. The van der Waals surface area contributed by atoms with Crippen molar-refractivity contribution in [3.05, 3.63) is 29.8 Å². The maximum absolute atomic E-state index is 11.2. The van der Waals surface area contributed by atoms with E-state index in [1.165, 1.54) is 24.3 Å². The predicted octanol–water partition coefficient (Wildman–Crippen LogP) is 0.228. The van der Waals surface area contributed by atoms with Crippen molar-refractivity contribution in [1.29, 1.82) is 0 Å². The van der Waals surface area contributed by atoms with Crippen LogP contribution >= 0.6 is 11.8 Å². The fourth-order valence-electron chi connectivity index (χ4n) is 1.34. The molecule has 0 radical (unpaired) electrons. The first-order chi connectivity index (χ1) is 7.90. The van der Waals surface area contributed by atoms with Crippen LogP contribution in [0.15, 0.2) is 29.2 Å². The molecule has 0 unspecified atom stereocenters. The third-order valence-electron chi connectivity index (χ3n) is 2.37. The van der Waals surface area contributed by atoms with Crippen LogP contribution in [0, 0.1) is 0 Å². The summed E-state index contributed by atoms with van der Waals surface area (Å²) >= 11 is 5.35. The molecule has 0 spiro atoms. The van der Waals surface area contributed by atoms with Gasteiger partial charge in [0.05, 0.1) is 23.6 Å². The zero-order valence-electron chi connectivity index (χ0n) is 9.17. The average Bonchev–Trinajstić information content (AvgIpc) is 2.29. The second-order valence-electron chi connectivity index (χ2n) is 3.68. The molecule has 0 saturated heterocycles. The summed E-state index contributed by atoms with van der Waals surface area (Å²) in [6, 6.07) is 5.06. The standard InChI is InChI=1S/C10H14ClNO4S/c1-17(15,16)8-4-2-7(3-5-8)10(14)9(6-13)12-11/h2-5,9-10,12-14H,6H2,1H3/t9-,10-/m1/s1. The van der Waals surface area contributed by atoms with Crippen LogP contribution in [0.2, 0.25) is 0 Å². The minimum absolute atomic E-state index is 0.174. The lowest BCUT2D eigenvalue weighted by Crippen LogP contribution is -2.32. The third-order valence-corrected chi connectivity index (χ3v) is 3.78. The average molecular weight is 280 g/mol. The summed E-state index contributed by atoms with van der Waals surface area (Å²) < 4.78 is 22.4. The van der Waals surface area contributed by atoms with Crippen molar-refractivity contribution < 1.29 is 18.6 Å². The summed E-state index contributed by atoms with van der Waals surface area (Å²) in [4.78, 5) is 2.42. The van der Waals surface area contributed by atoms with Crippen LogP contribution in [0.3, 0.4) is 0 Å². The highest BCUT2D eigenvalue weighted by atomic mass is 35.5. The number of benzene rings is 1. The van der Waals surface area contributed by atoms with Gasteiger partial charge in [0.2, 0.25) is 0 Å². The van der Waals surface area contributed by atoms with E-state index in [4.69, 9.17) is 16.9 Å². The number of aliphatic hydroxyl groups is 2. The van der Waals surface area contributed by atoms with Crippen LogP contribution in [0.4, 0.5) is 0 Å². The molecule has 1 aromatic carbocycles. The molecule has 96 valence electrons. The Hall–Kier alpha value is -0.660. The quantitative estimate of drug-likeness (QED) is 0.672. The van der Waals surface area contributed by atoms with Gasteiger partial charge in [-0.15, -0.1) is 0 Å². The maximum Gasteiger partial charge on any atom is 0.175 e. The van der Waals surface area contributed by atoms with Crippen molar-refractivity contribution in [1.82, 2.24) is 4.84 Å². The molecule has 0 aliphatic rings. The van der Waals surface area contributed by atoms with Crippen LogP contribution in [0.25, 0.3) is 0 Å².